The zero-order valence-corrected chi connectivity index (χ0v) is 10.6. The molecule has 3 heteroatoms. The van der Waals surface area contributed by atoms with Crippen LogP contribution in [-0.4, -0.2) is 24.1 Å². The molecule has 0 aromatic heterocycles. The van der Waals surface area contributed by atoms with Crippen LogP contribution in [-0.2, 0) is 4.74 Å². The molecule has 0 saturated heterocycles. The highest BCUT2D eigenvalue weighted by Gasteiger charge is 2.14. The minimum absolute atomic E-state index is 0.0679. The maximum atomic E-state index is 11.8. The summed E-state index contributed by atoms with van der Waals surface area (Å²) in [6, 6.07) is 6.40. The molecule has 0 aliphatic heterocycles. The molecule has 0 amide bonds. The second-order valence-electron chi connectivity index (χ2n) is 4.99. The molecule has 1 N–H and O–H groups in total. The second-order valence-corrected chi connectivity index (χ2v) is 4.99. The third-order valence-corrected chi connectivity index (χ3v) is 3.48. The van der Waals surface area contributed by atoms with Crippen molar-refractivity contribution < 1.29 is 14.6 Å². The van der Waals surface area contributed by atoms with E-state index >= 15 is 0 Å². The van der Waals surface area contributed by atoms with Crippen molar-refractivity contribution in [3.05, 3.63) is 29.8 Å². The summed E-state index contributed by atoms with van der Waals surface area (Å²) in [7, 11) is 0. The lowest BCUT2D eigenvalue weighted by atomic mass is 9.90. The SMILES string of the molecule is O=C(COCC1CCCCC1)c1cccc(O)c1. The van der Waals surface area contributed by atoms with Crippen LogP contribution in [0.5, 0.6) is 5.75 Å². The number of ketones is 1. The fourth-order valence-corrected chi connectivity index (χ4v) is 2.43. The maximum absolute atomic E-state index is 11.8. The zero-order valence-electron chi connectivity index (χ0n) is 10.6. The number of Topliss-reactive ketones (excluding diaryl/α,β-unsaturated/α-hetero) is 1. The van der Waals surface area contributed by atoms with Crippen molar-refractivity contribution in [2.75, 3.05) is 13.2 Å². The number of carbonyl (C=O) groups is 1. The predicted octanol–water partition coefficient (Wildman–Crippen LogP) is 3.17. The summed E-state index contributed by atoms with van der Waals surface area (Å²) in [5.41, 5.74) is 0.513. The van der Waals surface area contributed by atoms with E-state index in [0.717, 1.165) is 0 Å². The van der Waals surface area contributed by atoms with E-state index < -0.39 is 0 Å². The van der Waals surface area contributed by atoms with Gasteiger partial charge in [-0.25, -0.2) is 0 Å². The number of rotatable bonds is 5. The predicted molar refractivity (Wildman–Crippen MR) is 69.8 cm³/mol. The number of hydrogen-bond acceptors (Lipinski definition) is 3. The summed E-state index contributed by atoms with van der Waals surface area (Å²) in [5.74, 6) is 0.672. The molecular formula is C15H20O3. The second kappa shape index (κ2) is 6.55. The molecule has 0 atom stereocenters. The Morgan fingerprint density at radius 3 is 2.78 bits per heavy atom. The van der Waals surface area contributed by atoms with Gasteiger partial charge in [-0.15, -0.1) is 0 Å². The molecular weight excluding hydrogens is 228 g/mol. The number of hydrogen-bond donors (Lipinski definition) is 1. The van der Waals surface area contributed by atoms with Crippen LogP contribution in [0.3, 0.4) is 0 Å². The van der Waals surface area contributed by atoms with Crippen molar-refractivity contribution in [2.24, 2.45) is 5.92 Å². The highest BCUT2D eigenvalue weighted by Crippen LogP contribution is 2.23. The molecule has 1 saturated carbocycles. The lowest BCUT2D eigenvalue weighted by Gasteiger charge is -2.21. The number of carbonyl (C=O) groups excluding carboxylic acids is 1. The fourth-order valence-electron chi connectivity index (χ4n) is 2.43. The van der Waals surface area contributed by atoms with Crippen molar-refractivity contribution in [1.29, 1.82) is 0 Å². The van der Waals surface area contributed by atoms with Crippen LogP contribution in [0.25, 0.3) is 0 Å². The number of ether oxygens (including phenoxy) is 1. The molecule has 98 valence electrons. The Balaban J connectivity index is 1.74. The highest BCUT2D eigenvalue weighted by molar-refractivity contribution is 5.97. The number of phenols is 1. The van der Waals surface area contributed by atoms with E-state index in [0.29, 0.717) is 18.1 Å². The van der Waals surface area contributed by atoms with Crippen LogP contribution in [0.4, 0.5) is 0 Å². The van der Waals surface area contributed by atoms with Gasteiger partial charge in [0.15, 0.2) is 5.78 Å². The van der Waals surface area contributed by atoms with Crippen LogP contribution >= 0.6 is 0 Å². The Morgan fingerprint density at radius 2 is 2.06 bits per heavy atom. The molecule has 0 spiro atoms. The smallest absolute Gasteiger partial charge is 0.188 e. The van der Waals surface area contributed by atoms with Gasteiger partial charge in [-0.05, 0) is 30.9 Å². The van der Waals surface area contributed by atoms with E-state index in [9.17, 15) is 9.90 Å². The van der Waals surface area contributed by atoms with Crippen LogP contribution in [0.2, 0.25) is 0 Å². The van der Waals surface area contributed by atoms with Gasteiger partial charge in [0.05, 0.1) is 6.61 Å². The van der Waals surface area contributed by atoms with E-state index in [4.69, 9.17) is 4.74 Å². The molecule has 1 aliphatic carbocycles. The molecule has 1 aromatic rings. The van der Waals surface area contributed by atoms with E-state index in [1.807, 2.05) is 0 Å². The quantitative estimate of drug-likeness (QED) is 0.814. The van der Waals surface area contributed by atoms with Crippen molar-refractivity contribution in [3.8, 4) is 5.75 Å². The Hall–Kier alpha value is -1.35. The van der Waals surface area contributed by atoms with E-state index in [-0.39, 0.29) is 18.1 Å². The Labute approximate surface area is 108 Å². The van der Waals surface area contributed by atoms with Crippen molar-refractivity contribution in [3.63, 3.8) is 0 Å². The van der Waals surface area contributed by atoms with Gasteiger partial charge >= 0.3 is 0 Å². The molecule has 1 aromatic carbocycles. The Bertz CT molecular complexity index is 394. The lowest BCUT2D eigenvalue weighted by Crippen LogP contribution is -2.17. The molecule has 18 heavy (non-hydrogen) atoms. The topological polar surface area (TPSA) is 46.5 Å². The van der Waals surface area contributed by atoms with Crippen LogP contribution < -0.4 is 0 Å². The number of phenolic OH excluding ortho intramolecular Hbond substituents is 1. The van der Waals surface area contributed by atoms with Gasteiger partial charge in [0.25, 0.3) is 0 Å². The van der Waals surface area contributed by atoms with Gasteiger partial charge in [0.1, 0.15) is 12.4 Å². The minimum atomic E-state index is -0.0679. The lowest BCUT2D eigenvalue weighted by molar-refractivity contribution is 0.0628. The third-order valence-electron chi connectivity index (χ3n) is 3.48. The molecule has 0 unspecified atom stereocenters. The van der Waals surface area contributed by atoms with Crippen molar-refractivity contribution >= 4 is 5.78 Å². The first-order chi connectivity index (χ1) is 8.75. The van der Waals surface area contributed by atoms with E-state index in [1.54, 1.807) is 18.2 Å². The molecule has 3 nitrogen and oxygen atoms in total. The molecule has 0 bridgehead atoms. The normalized spacial score (nSPS) is 16.7. The summed E-state index contributed by atoms with van der Waals surface area (Å²) < 4.78 is 5.50. The van der Waals surface area contributed by atoms with Crippen LogP contribution in [0.1, 0.15) is 42.5 Å². The standard InChI is InChI=1S/C15H20O3/c16-14-8-4-7-13(9-14)15(17)11-18-10-12-5-2-1-3-6-12/h4,7-9,12,16H,1-3,5-6,10-11H2. The highest BCUT2D eigenvalue weighted by atomic mass is 16.5. The summed E-state index contributed by atoms with van der Waals surface area (Å²) in [6.07, 6.45) is 6.35. The number of aromatic hydroxyl groups is 1. The average molecular weight is 248 g/mol. The molecule has 0 radical (unpaired) electrons. The first-order valence-corrected chi connectivity index (χ1v) is 6.65. The molecule has 0 heterocycles. The van der Waals surface area contributed by atoms with Crippen LogP contribution in [0, 0.1) is 5.92 Å². The summed E-state index contributed by atoms with van der Waals surface area (Å²) >= 11 is 0. The fraction of sp³-hybridized carbons (Fsp3) is 0.533. The number of benzene rings is 1. The largest absolute Gasteiger partial charge is 0.508 e. The van der Waals surface area contributed by atoms with Gasteiger partial charge in [0, 0.05) is 5.56 Å². The monoisotopic (exact) mass is 248 g/mol. The minimum Gasteiger partial charge on any atom is -0.508 e. The van der Waals surface area contributed by atoms with Gasteiger partial charge in [-0.1, -0.05) is 31.4 Å². The van der Waals surface area contributed by atoms with Crippen molar-refractivity contribution in [1.82, 2.24) is 0 Å². The average Bonchev–Trinajstić information content (AvgIpc) is 2.40. The van der Waals surface area contributed by atoms with E-state index in [1.165, 1.54) is 38.2 Å². The van der Waals surface area contributed by atoms with Crippen molar-refractivity contribution in [2.45, 2.75) is 32.1 Å². The summed E-state index contributed by atoms with van der Waals surface area (Å²) in [4.78, 5) is 11.8. The van der Waals surface area contributed by atoms with Gasteiger partial charge in [-0.2, -0.15) is 0 Å². The maximum Gasteiger partial charge on any atom is 0.188 e. The van der Waals surface area contributed by atoms with Gasteiger partial charge in [0.2, 0.25) is 0 Å². The summed E-state index contributed by atoms with van der Waals surface area (Å²) in [6.45, 7) is 0.796. The third kappa shape index (κ3) is 3.84. The first kappa shape index (κ1) is 13.1. The van der Waals surface area contributed by atoms with Gasteiger partial charge in [-0.3, -0.25) is 4.79 Å². The molecule has 2 rings (SSSR count). The molecule has 1 aliphatic rings. The Kier molecular flexibility index (Phi) is 4.76. The zero-order chi connectivity index (χ0) is 12.8. The summed E-state index contributed by atoms with van der Waals surface area (Å²) in [5, 5.41) is 9.30. The first-order valence-electron chi connectivity index (χ1n) is 6.65. The van der Waals surface area contributed by atoms with E-state index in [2.05, 4.69) is 0 Å². The van der Waals surface area contributed by atoms with Crippen LogP contribution in [0.15, 0.2) is 24.3 Å². The Morgan fingerprint density at radius 1 is 1.28 bits per heavy atom. The molecule has 1 fully saturated rings. The van der Waals surface area contributed by atoms with Gasteiger partial charge < -0.3 is 9.84 Å².